The number of amides is 2. The summed E-state index contributed by atoms with van der Waals surface area (Å²) in [7, 11) is 0. The second-order valence-electron chi connectivity index (χ2n) is 6.15. The normalized spacial score (nSPS) is 19.9. The van der Waals surface area contributed by atoms with Crippen molar-refractivity contribution in [2.24, 2.45) is 5.92 Å². The summed E-state index contributed by atoms with van der Waals surface area (Å²) in [5.74, 6) is 6.92. The van der Waals surface area contributed by atoms with Crippen LogP contribution in [0.5, 0.6) is 0 Å². The molecule has 0 bridgehead atoms. The molecule has 0 atom stereocenters. The first kappa shape index (κ1) is 16.8. The zero-order chi connectivity index (χ0) is 15.8. The molecule has 5 heteroatoms. The monoisotopic (exact) mass is 305 g/mol. The molecule has 122 valence electrons. The summed E-state index contributed by atoms with van der Waals surface area (Å²) < 4.78 is 0. The van der Waals surface area contributed by atoms with Crippen molar-refractivity contribution in [1.82, 2.24) is 15.1 Å². The molecule has 0 aliphatic carbocycles. The second kappa shape index (κ2) is 8.79. The van der Waals surface area contributed by atoms with E-state index in [1.54, 1.807) is 4.90 Å². The van der Waals surface area contributed by atoms with Gasteiger partial charge in [0.05, 0.1) is 13.1 Å². The first-order valence-corrected chi connectivity index (χ1v) is 8.41. The smallest absolute Gasteiger partial charge is 0.239 e. The molecule has 0 aromatic rings. The van der Waals surface area contributed by atoms with Gasteiger partial charge in [0.1, 0.15) is 0 Å². The largest absolute Gasteiger partial charge is 0.354 e. The molecule has 0 aromatic heterocycles. The van der Waals surface area contributed by atoms with E-state index in [0.29, 0.717) is 12.3 Å². The van der Waals surface area contributed by atoms with Crippen LogP contribution in [0.15, 0.2) is 0 Å². The molecule has 2 fully saturated rings. The fraction of sp³-hybridized carbons (Fsp3) is 0.765. The standard InChI is InChI=1S/C17H27N3O2/c1-2-3-4-9-19-11-7-15(8-12-19)13-18-16(21)14-20-10-5-6-17(20)22/h15H,2,5-14H2,1H3,(H,18,21). The van der Waals surface area contributed by atoms with Crippen LogP contribution in [0.1, 0.15) is 39.0 Å². The van der Waals surface area contributed by atoms with Gasteiger partial charge in [-0.2, -0.15) is 0 Å². The number of hydrogen-bond donors (Lipinski definition) is 1. The first-order valence-electron chi connectivity index (χ1n) is 8.41. The van der Waals surface area contributed by atoms with Crippen LogP contribution in [0.4, 0.5) is 0 Å². The van der Waals surface area contributed by atoms with E-state index >= 15 is 0 Å². The minimum Gasteiger partial charge on any atom is -0.354 e. The summed E-state index contributed by atoms with van der Waals surface area (Å²) in [5, 5.41) is 2.99. The van der Waals surface area contributed by atoms with Gasteiger partial charge in [0, 0.05) is 25.9 Å². The van der Waals surface area contributed by atoms with Crippen molar-refractivity contribution in [2.75, 3.05) is 39.3 Å². The Balaban J connectivity index is 1.60. The van der Waals surface area contributed by atoms with Crippen LogP contribution >= 0.6 is 0 Å². The van der Waals surface area contributed by atoms with Crippen LogP contribution in [0.25, 0.3) is 0 Å². The van der Waals surface area contributed by atoms with E-state index in [9.17, 15) is 9.59 Å². The highest BCUT2D eigenvalue weighted by atomic mass is 16.2. The Hall–Kier alpha value is -1.54. The SMILES string of the molecule is CCC#CCN1CCC(CNC(=O)CN2CCCC2=O)CC1. The first-order chi connectivity index (χ1) is 10.7. The van der Waals surface area contributed by atoms with Gasteiger partial charge in [0.2, 0.25) is 11.8 Å². The fourth-order valence-corrected chi connectivity index (χ4v) is 3.00. The Bertz CT molecular complexity index is 445. The number of carbonyl (C=O) groups is 2. The third-order valence-electron chi connectivity index (χ3n) is 4.41. The van der Waals surface area contributed by atoms with Crippen molar-refractivity contribution >= 4 is 11.8 Å². The van der Waals surface area contributed by atoms with Crippen LogP contribution < -0.4 is 5.32 Å². The molecular formula is C17H27N3O2. The number of rotatable bonds is 5. The number of piperidine rings is 1. The van der Waals surface area contributed by atoms with Crippen LogP contribution in [0, 0.1) is 17.8 Å². The Morgan fingerprint density at radius 1 is 1.27 bits per heavy atom. The zero-order valence-corrected chi connectivity index (χ0v) is 13.6. The van der Waals surface area contributed by atoms with Gasteiger partial charge in [-0.1, -0.05) is 12.8 Å². The van der Waals surface area contributed by atoms with Crippen molar-refractivity contribution in [3.8, 4) is 11.8 Å². The van der Waals surface area contributed by atoms with E-state index < -0.39 is 0 Å². The molecular weight excluding hydrogens is 278 g/mol. The summed E-state index contributed by atoms with van der Waals surface area (Å²) in [5.41, 5.74) is 0. The van der Waals surface area contributed by atoms with E-state index in [2.05, 4.69) is 29.0 Å². The number of nitrogens with zero attached hydrogens (tertiary/aromatic N) is 2. The molecule has 0 unspecified atom stereocenters. The second-order valence-corrected chi connectivity index (χ2v) is 6.15. The molecule has 0 saturated carbocycles. The lowest BCUT2D eigenvalue weighted by Gasteiger charge is -2.30. The van der Waals surface area contributed by atoms with E-state index in [1.165, 1.54) is 0 Å². The molecule has 22 heavy (non-hydrogen) atoms. The summed E-state index contributed by atoms with van der Waals surface area (Å²) in [6.45, 7) is 6.73. The molecule has 1 N–H and O–H groups in total. The Kier molecular flexibility index (Phi) is 6.73. The number of nitrogens with one attached hydrogen (secondary N) is 1. The van der Waals surface area contributed by atoms with Gasteiger partial charge in [-0.3, -0.25) is 14.5 Å². The quantitative estimate of drug-likeness (QED) is 0.766. The van der Waals surface area contributed by atoms with Crippen LogP contribution in [0.2, 0.25) is 0 Å². The van der Waals surface area contributed by atoms with Gasteiger partial charge in [0.25, 0.3) is 0 Å². The van der Waals surface area contributed by atoms with Gasteiger partial charge in [-0.25, -0.2) is 0 Å². The molecule has 5 nitrogen and oxygen atoms in total. The minimum atomic E-state index is -0.0218. The predicted molar refractivity (Wildman–Crippen MR) is 86.1 cm³/mol. The lowest BCUT2D eigenvalue weighted by molar-refractivity contribution is -0.133. The molecule has 0 radical (unpaired) electrons. The molecule has 2 aliphatic heterocycles. The molecule has 2 heterocycles. The molecule has 2 amide bonds. The van der Waals surface area contributed by atoms with E-state index in [0.717, 1.165) is 58.4 Å². The maximum absolute atomic E-state index is 11.9. The third-order valence-corrected chi connectivity index (χ3v) is 4.41. The Morgan fingerprint density at radius 2 is 2.05 bits per heavy atom. The third kappa shape index (κ3) is 5.34. The molecule has 0 aromatic carbocycles. The van der Waals surface area contributed by atoms with Gasteiger partial charge < -0.3 is 10.2 Å². The average Bonchev–Trinajstić information content (AvgIpc) is 2.92. The van der Waals surface area contributed by atoms with E-state index in [4.69, 9.17) is 0 Å². The van der Waals surface area contributed by atoms with E-state index in [1.807, 2.05) is 0 Å². The zero-order valence-electron chi connectivity index (χ0n) is 13.6. The van der Waals surface area contributed by atoms with Crippen LogP contribution in [0.3, 0.4) is 0 Å². The molecule has 2 aliphatic rings. The van der Waals surface area contributed by atoms with Gasteiger partial charge in [-0.15, -0.1) is 5.92 Å². The number of carbonyl (C=O) groups excluding carboxylic acids is 2. The molecule has 2 saturated heterocycles. The maximum Gasteiger partial charge on any atom is 0.239 e. The van der Waals surface area contributed by atoms with Gasteiger partial charge in [-0.05, 0) is 38.3 Å². The van der Waals surface area contributed by atoms with E-state index in [-0.39, 0.29) is 18.4 Å². The van der Waals surface area contributed by atoms with Crippen LogP contribution in [-0.4, -0.2) is 60.9 Å². The van der Waals surface area contributed by atoms with Crippen LogP contribution in [-0.2, 0) is 9.59 Å². The van der Waals surface area contributed by atoms with Crippen molar-refractivity contribution in [3.05, 3.63) is 0 Å². The summed E-state index contributed by atoms with van der Waals surface area (Å²) in [6.07, 6.45) is 4.60. The maximum atomic E-state index is 11.9. The highest BCUT2D eigenvalue weighted by Gasteiger charge is 2.23. The van der Waals surface area contributed by atoms with Gasteiger partial charge in [0.15, 0.2) is 0 Å². The number of hydrogen-bond acceptors (Lipinski definition) is 3. The Labute approximate surface area is 133 Å². The highest BCUT2D eigenvalue weighted by molar-refractivity contribution is 5.85. The molecule has 0 spiro atoms. The van der Waals surface area contributed by atoms with Crippen molar-refractivity contribution in [2.45, 2.75) is 39.0 Å². The fourth-order valence-electron chi connectivity index (χ4n) is 3.00. The topological polar surface area (TPSA) is 52.7 Å². The lowest BCUT2D eigenvalue weighted by atomic mass is 9.97. The summed E-state index contributed by atoms with van der Waals surface area (Å²) in [4.78, 5) is 27.4. The number of likely N-dealkylation sites (tertiary alicyclic amines) is 2. The Morgan fingerprint density at radius 3 is 2.68 bits per heavy atom. The highest BCUT2D eigenvalue weighted by Crippen LogP contribution is 2.16. The summed E-state index contributed by atoms with van der Waals surface area (Å²) >= 11 is 0. The van der Waals surface area contributed by atoms with Crippen molar-refractivity contribution in [1.29, 1.82) is 0 Å². The molecule has 2 rings (SSSR count). The average molecular weight is 305 g/mol. The van der Waals surface area contributed by atoms with Gasteiger partial charge >= 0.3 is 0 Å². The summed E-state index contributed by atoms with van der Waals surface area (Å²) in [6, 6.07) is 0. The minimum absolute atomic E-state index is 0.0218. The van der Waals surface area contributed by atoms with Crippen molar-refractivity contribution in [3.63, 3.8) is 0 Å². The van der Waals surface area contributed by atoms with Crippen molar-refractivity contribution < 1.29 is 9.59 Å². The lowest BCUT2D eigenvalue weighted by Crippen LogP contribution is -2.42. The predicted octanol–water partition coefficient (Wildman–Crippen LogP) is 0.850.